The van der Waals surface area contributed by atoms with Crippen LogP contribution in [0.4, 0.5) is 5.69 Å². The molecule has 0 fully saturated rings. The van der Waals surface area contributed by atoms with Crippen LogP contribution in [0.15, 0.2) is 74.7 Å². The van der Waals surface area contributed by atoms with Gasteiger partial charge in [0.2, 0.25) is 5.91 Å². The van der Waals surface area contributed by atoms with E-state index in [4.69, 9.17) is 4.74 Å². The minimum Gasteiger partial charge on any atom is -0.497 e. The van der Waals surface area contributed by atoms with Crippen molar-refractivity contribution in [3.63, 3.8) is 0 Å². The molecule has 3 aromatic rings. The summed E-state index contributed by atoms with van der Waals surface area (Å²) in [7, 11) is -2.32. The summed E-state index contributed by atoms with van der Waals surface area (Å²) in [4.78, 5) is 12.9. The van der Waals surface area contributed by atoms with Crippen molar-refractivity contribution < 1.29 is 17.9 Å². The second-order valence-electron chi connectivity index (χ2n) is 6.14. The third-order valence-corrected chi connectivity index (χ3v) is 7.63. The zero-order valence-electron chi connectivity index (χ0n) is 15.5. The van der Waals surface area contributed by atoms with Gasteiger partial charge in [0, 0.05) is 11.8 Å². The fourth-order valence-electron chi connectivity index (χ4n) is 2.66. The normalized spacial score (nSPS) is 12.3. The fraction of sp³-hybridized carbons (Fsp3) is 0.150. The van der Waals surface area contributed by atoms with E-state index in [2.05, 4.69) is 26.0 Å². The van der Waals surface area contributed by atoms with Crippen LogP contribution in [-0.2, 0) is 21.2 Å². The second kappa shape index (κ2) is 9.53. The predicted molar refractivity (Wildman–Crippen MR) is 118 cm³/mol. The standard InChI is InChI=1S/C20H19BrN2O4S2/c1-27-16-9-5-8-15(13-16)22-20(24)17(12-14-6-3-2-4-7-14)23-29(25,26)19-11-10-18(21)28-19/h2-11,13,17,23H,12H2,1H3,(H,22,24). The third kappa shape index (κ3) is 5.89. The van der Waals surface area contributed by atoms with Crippen LogP contribution < -0.4 is 14.8 Å². The quantitative estimate of drug-likeness (QED) is 0.494. The number of anilines is 1. The van der Waals surface area contributed by atoms with E-state index >= 15 is 0 Å². The summed E-state index contributed by atoms with van der Waals surface area (Å²) in [6.07, 6.45) is 0.211. The highest BCUT2D eigenvalue weighted by Gasteiger charge is 2.27. The van der Waals surface area contributed by atoms with Crippen LogP contribution in [-0.4, -0.2) is 27.5 Å². The van der Waals surface area contributed by atoms with Gasteiger partial charge in [0.05, 0.1) is 10.9 Å². The molecule has 152 valence electrons. The average Bonchev–Trinajstić information content (AvgIpc) is 3.15. The number of carbonyl (C=O) groups is 1. The number of methoxy groups -OCH3 is 1. The number of amides is 1. The molecule has 1 heterocycles. The van der Waals surface area contributed by atoms with Gasteiger partial charge in [-0.1, -0.05) is 36.4 Å². The van der Waals surface area contributed by atoms with E-state index in [9.17, 15) is 13.2 Å². The van der Waals surface area contributed by atoms with Gasteiger partial charge in [-0.2, -0.15) is 4.72 Å². The number of ether oxygens (including phenoxy) is 1. The molecule has 9 heteroatoms. The molecule has 0 bridgehead atoms. The molecular formula is C20H19BrN2O4S2. The first kappa shape index (κ1) is 21.5. The highest BCUT2D eigenvalue weighted by molar-refractivity contribution is 9.11. The largest absolute Gasteiger partial charge is 0.497 e. The third-order valence-electron chi connectivity index (χ3n) is 4.05. The number of rotatable bonds is 8. The van der Waals surface area contributed by atoms with Crippen LogP contribution in [0.2, 0.25) is 0 Å². The van der Waals surface area contributed by atoms with Gasteiger partial charge in [0.25, 0.3) is 10.0 Å². The minimum absolute atomic E-state index is 0.136. The van der Waals surface area contributed by atoms with Gasteiger partial charge in [0.1, 0.15) is 16.0 Å². The van der Waals surface area contributed by atoms with Crippen molar-refractivity contribution in [3.05, 3.63) is 76.1 Å². The number of hydrogen-bond donors (Lipinski definition) is 2. The van der Waals surface area contributed by atoms with Gasteiger partial charge in [0.15, 0.2) is 0 Å². The molecule has 0 spiro atoms. The van der Waals surface area contributed by atoms with Crippen LogP contribution >= 0.6 is 27.3 Å². The zero-order valence-corrected chi connectivity index (χ0v) is 18.7. The van der Waals surface area contributed by atoms with E-state index in [1.807, 2.05) is 30.3 Å². The van der Waals surface area contributed by atoms with E-state index < -0.39 is 22.0 Å². The van der Waals surface area contributed by atoms with Gasteiger partial charge in [-0.25, -0.2) is 8.42 Å². The minimum atomic E-state index is -3.86. The molecular weight excluding hydrogens is 476 g/mol. The Bertz CT molecular complexity index is 1080. The molecule has 1 amide bonds. The number of nitrogens with one attached hydrogen (secondary N) is 2. The Morgan fingerprint density at radius 1 is 1.10 bits per heavy atom. The maximum Gasteiger partial charge on any atom is 0.250 e. The van der Waals surface area contributed by atoms with E-state index in [0.717, 1.165) is 16.9 Å². The number of hydrogen-bond acceptors (Lipinski definition) is 5. The molecule has 6 nitrogen and oxygen atoms in total. The van der Waals surface area contributed by atoms with E-state index in [0.29, 0.717) is 15.2 Å². The van der Waals surface area contributed by atoms with Crippen molar-refractivity contribution in [1.82, 2.24) is 4.72 Å². The lowest BCUT2D eigenvalue weighted by molar-refractivity contribution is -0.117. The van der Waals surface area contributed by atoms with E-state index in [1.54, 1.807) is 30.3 Å². The summed E-state index contributed by atoms with van der Waals surface area (Å²) in [5, 5.41) is 2.76. The number of sulfonamides is 1. The molecule has 1 aromatic heterocycles. The highest BCUT2D eigenvalue weighted by atomic mass is 79.9. The van der Waals surface area contributed by atoms with Gasteiger partial charge in [-0.05, 0) is 52.2 Å². The molecule has 1 atom stereocenters. The summed E-state index contributed by atoms with van der Waals surface area (Å²) in [6, 6.07) is 18.3. The van der Waals surface area contributed by atoms with E-state index in [-0.39, 0.29) is 10.6 Å². The molecule has 1 unspecified atom stereocenters. The van der Waals surface area contributed by atoms with Crippen LogP contribution in [0, 0.1) is 0 Å². The Labute approximate surface area is 182 Å². The molecule has 0 aliphatic rings. The van der Waals surface area contributed by atoms with Crippen molar-refractivity contribution in [2.75, 3.05) is 12.4 Å². The average molecular weight is 495 g/mol. The predicted octanol–water partition coefficient (Wildman–Crippen LogP) is 4.05. The van der Waals surface area contributed by atoms with Crippen molar-refractivity contribution in [1.29, 1.82) is 0 Å². The van der Waals surface area contributed by atoms with Gasteiger partial charge < -0.3 is 10.1 Å². The zero-order chi connectivity index (χ0) is 20.9. The van der Waals surface area contributed by atoms with Crippen LogP contribution in [0.5, 0.6) is 5.75 Å². The molecule has 0 aliphatic carbocycles. The van der Waals surface area contributed by atoms with Crippen molar-refractivity contribution in [2.45, 2.75) is 16.7 Å². The Morgan fingerprint density at radius 2 is 1.86 bits per heavy atom. The molecule has 2 N–H and O–H groups in total. The molecule has 2 aromatic carbocycles. The first-order valence-electron chi connectivity index (χ1n) is 8.64. The second-order valence-corrected chi connectivity index (χ2v) is 10.5. The summed E-state index contributed by atoms with van der Waals surface area (Å²) in [5.41, 5.74) is 1.36. The lowest BCUT2D eigenvalue weighted by Gasteiger charge is -2.18. The summed E-state index contributed by atoms with van der Waals surface area (Å²) < 4.78 is 34.1. The van der Waals surface area contributed by atoms with Crippen molar-refractivity contribution in [2.24, 2.45) is 0 Å². The van der Waals surface area contributed by atoms with Gasteiger partial charge >= 0.3 is 0 Å². The SMILES string of the molecule is COc1cccc(NC(=O)C(Cc2ccccc2)NS(=O)(=O)c2ccc(Br)s2)c1. The van der Waals surface area contributed by atoms with Crippen LogP contribution in [0.3, 0.4) is 0 Å². The summed E-state index contributed by atoms with van der Waals surface area (Å²) >= 11 is 4.35. The monoisotopic (exact) mass is 494 g/mol. The van der Waals surface area contributed by atoms with Crippen molar-refractivity contribution in [3.8, 4) is 5.75 Å². The van der Waals surface area contributed by atoms with Crippen LogP contribution in [0.1, 0.15) is 5.56 Å². The molecule has 0 radical (unpaired) electrons. The highest BCUT2D eigenvalue weighted by Crippen LogP contribution is 2.26. The smallest absolute Gasteiger partial charge is 0.250 e. The van der Waals surface area contributed by atoms with E-state index in [1.165, 1.54) is 13.2 Å². The Hall–Kier alpha value is -2.20. The fourth-order valence-corrected chi connectivity index (χ4v) is 5.88. The first-order chi connectivity index (χ1) is 13.9. The molecule has 0 saturated heterocycles. The van der Waals surface area contributed by atoms with Crippen molar-refractivity contribution >= 4 is 48.9 Å². The van der Waals surface area contributed by atoms with Gasteiger partial charge in [-0.3, -0.25) is 4.79 Å². The topological polar surface area (TPSA) is 84.5 Å². The number of benzene rings is 2. The number of halogens is 1. The lowest BCUT2D eigenvalue weighted by atomic mass is 10.1. The maximum atomic E-state index is 12.9. The van der Waals surface area contributed by atoms with Gasteiger partial charge in [-0.15, -0.1) is 11.3 Å². The lowest BCUT2D eigenvalue weighted by Crippen LogP contribution is -2.45. The molecule has 0 saturated carbocycles. The number of carbonyl (C=O) groups excluding carboxylic acids is 1. The molecule has 29 heavy (non-hydrogen) atoms. The summed E-state index contributed by atoms with van der Waals surface area (Å²) in [6.45, 7) is 0. The Kier molecular flexibility index (Phi) is 7.07. The molecule has 0 aliphatic heterocycles. The molecule has 3 rings (SSSR count). The first-order valence-corrected chi connectivity index (χ1v) is 11.7. The summed E-state index contributed by atoms with van der Waals surface area (Å²) in [5.74, 6) is 0.132. The number of thiophene rings is 1. The van der Waals surface area contributed by atoms with Crippen LogP contribution in [0.25, 0.3) is 0 Å². The Morgan fingerprint density at radius 3 is 2.52 bits per heavy atom. The Balaban J connectivity index is 1.84. The maximum absolute atomic E-state index is 12.9.